The second-order valence-corrected chi connectivity index (χ2v) is 5.26. The molecule has 20 heavy (non-hydrogen) atoms. The number of hydrogen-bond acceptors (Lipinski definition) is 3. The summed E-state index contributed by atoms with van der Waals surface area (Å²) in [5, 5.41) is 15.7. The second-order valence-electron chi connectivity index (χ2n) is 5.26. The first-order valence-corrected chi connectivity index (χ1v) is 6.99. The van der Waals surface area contributed by atoms with Crippen molar-refractivity contribution in [3.63, 3.8) is 0 Å². The molecule has 2 atom stereocenters. The number of urea groups is 1. The van der Waals surface area contributed by atoms with Crippen molar-refractivity contribution in [2.75, 3.05) is 19.6 Å². The largest absolute Gasteiger partial charge is 0.480 e. The number of carbonyl (C=O) groups is 3. The number of amides is 3. The predicted octanol–water partition coefficient (Wildman–Crippen LogP) is 0.313. The number of nitrogens with one attached hydrogen (secondary N) is 3. The quantitative estimate of drug-likeness (QED) is 0.563. The topological polar surface area (TPSA) is 108 Å². The monoisotopic (exact) mass is 285 g/mol. The summed E-state index contributed by atoms with van der Waals surface area (Å²) in [4.78, 5) is 32.9. The van der Waals surface area contributed by atoms with Gasteiger partial charge >= 0.3 is 12.0 Å². The Morgan fingerprint density at radius 1 is 1.05 bits per heavy atom. The minimum Gasteiger partial charge on any atom is -0.480 e. The average Bonchev–Trinajstić information content (AvgIpc) is 2.42. The molecular weight excluding hydrogens is 262 g/mol. The van der Waals surface area contributed by atoms with Crippen molar-refractivity contribution >= 4 is 17.9 Å². The van der Waals surface area contributed by atoms with Crippen LogP contribution in [0.15, 0.2) is 0 Å². The minimum absolute atomic E-state index is 0.223. The highest BCUT2D eigenvalue weighted by atomic mass is 16.4. The molecule has 0 saturated heterocycles. The van der Waals surface area contributed by atoms with Crippen LogP contribution in [0, 0.1) is 11.8 Å². The Balaban J connectivity index is 2.13. The maximum Gasteiger partial charge on any atom is 0.322 e. The summed E-state index contributed by atoms with van der Waals surface area (Å²) in [6, 6.07) is -0.395. The Kier molecular flexibility index (Phi) is 6.83. The van der Waals surface area contributed by atoms with Gasteiger partial charge < -0.3 is 21.1 Å². The van der Waals surface area contributed by atoms with Crippen molar-refractivity contribution in [2.24, 2.45) is 11.8 Å². The van der Waals surface area contributed by atoms with E-state index in [0.717, 1.165) is 6.42 Å². The molecule has 1 rings (SSSR count). The second kappa shape index (κ2) is 8.39. The lowest BCUT2D eigenvalue weighted by atomic mass is 9.80. The lowest BCUT2D eigenvalue weighted by Crippen LogP contribution is -2.44. The molecule has 2 unspecified atom stereocenters. The van der Waals surface area contributed by atoms with Crippen LogP contribution in [0.4, 0.5) is 4.79 Å². The van der Waals surface area contributed by atoms with Crippen molar-refractivity contribution in [1.29, 1.82) is 0 Å². The maximum atomic E-state index is 11.5. The van der Waals surface area contributed by atoms with Crippen LogP contribution in [-0.2, 0) is 9.59 Å². The molecule has 1 saturated carbocycles. The Bertz CT molecular complexity index is 360. The summed E-state index contributed by atoms with van der Waals surface area (Å²) in [6.07, 6.45) is 4.79. The van der Waals surface area contributed by atoms with E-state index in [0.29, 0.717) is 18.4 Å². The SMILES string of the molecule is CC1CCCCC1CNC(=O)NCC(=O)NCC(=O)O. The molecule has 0 radical (unpaired) electrons. The van der Waals surface area contributed by atoms with Crippen molar-refractivity contribution < 1.29 is 19.5 Å². The van der Waals surface area contributed by atoms with E-state index in [1.807, 2.05) is 0 Å². The Morgan fingerprint density at radius 2 is 1.75 bits per heavy atom. The van der Waals surface area contributed by atoms with E-state index in [9.17, 15) is 14.4 Å². The fourth-order valence-corrected chi connectivity index (χ4v) is 2.38. The number of carbonyl (C=O) groups excluding carboxylic acids is 2. The van der Waals surface area contributed by atoms with Gasteiger partial charge in [-0.05, 0) is 18.3 Å². The average molecular weight is 285 g/mol. The zero-order valence-corrected chi connectivity index (χ0v) is 11.8. The number of aliphatic carboxylic acids is 1. The number of carboxylic acid groups (broad SMARTS) is 1. The molecule has 0 aromatic heterocycles. The zero-order chi connectivity index (χ0) is 15.0. The summed E-state index contributed by atoms with van der Waals surface area (Å²) in [5.74, 6) is -0.527. The molecule has 7 nitrogen and oxygen atoms in total. The van der Waals surface area contributed by atoms with Gasteiger partial charge in [0.15, 0.2) is 0 Å². The lowest BCUT2D eigenvalue weighted by molar-refractivity contribution is -0.137. The first-order chi connectivity index (χ1) is 9.49. The standard InChI is InChI=1S/C13H23N3O4/c1-9-4-2-3-5-10(9)6-15-13(20)16-7-11(17)14-8-12(18)19/h9-10H,2-8H2,1H3,(H,14,17)(H,18,19)(H2,15,16,20). The molecule has 1 aliphatic carbocycles. The van der Waals surface area contributed by atoms with Crippen LogP contribution in [0.25, 0.3) is 0 Å². The number of hydrogen-bond donors (Lipinski definition) is 4. The number of rotatable bonds is 6. The smallest absolute Gasteiger partial charge is 0.322 e. The summed E-state index contributed by atoms with van der Waals surface area (Å²) < 4.78 is 0. The first kappa shape index (κ1) is 16.3. The highest BCUT2D eigenvalue weighted by Crippen LogP contribution is 2.28. The third-order valence-corrected chi connectivity index (χ3v) is 3.66. The van der Waals surface area contributed by atoms with Crippen LogP contribution >= 0.6 is 0 Å². The molecule has 1 fully saturated rings. The zero-order valence-electron chi connectivity index (χ0n) is 11.8. The number of carboxylic acids is 1. The van der Waals surface area contributed by atoms with E-state index in [1.54, 1.807) is 0 Å². The highest BCUT2D eigenvalue weighted by molar-refractivity contribution is 5.86. The van der Waals surface area contributed by atoms with Crippen LogP contribution in [0.3, 0.4) is 0 Å². The van der Waals surface area contributed by atoms with Gasteiger partial charge in [0.05, 0.1) is 6.54 Å². The molecule has 4 N–H and O–H groups in total. The van der Waals surface area contributed by atoms with E-state index in [1.165, 1.54) is 19.3 Å². The molecule has 0 aliphatic heterocycles. The predicted molar refractivity (Wildman–Crippen MR) is 73.2 cm³/mol. The van der Waals surface area contributed by atoms with Crippen molar-refractivity contribution in [2.45, 2.75) is 32.6 Å². The third kappa shape index (κ3) is 6.40. The van der Waals surface area contributed by atoms with Crippen LogP contribution in [0.1, 0.15) is 32.6 Å². The summed E-state index contributed by atoms with van der Waals surface area (Å²) >= 11 is 0. The minimum atomic E-state index is -1.12. The van der Waals surface area contributed by atoms with E-state index in [2.05, 4.69) is 22.9 Å². The van der Waals surface area contributed by atoms with Crippen molar-refractivity contribution in [3.8, 4) is 0 Å². The van der Waals surface area contributed by atoms with Gasteiger partial charge in [-0.1, -0.05) is 26.2 Å². The molecule has 1 aliphatic rings. The summed E-state index contributed by atoms with van der Waals surface area (Å²) in [6.45, 7) is 2.15. The maximum absolute atomic E-state index is 11.5. The van der Waals surface area contributed by atoms with Crippen LogP contribution < -0.4 is 16.0 Å². The lowest BCUT2D eigenvalue weighted by Gasteiger charge is -2.28. The van der Waals surface area contributed by atoms with Gasteiger partial charge in [-0.2, -0.15) is 0 Å². The van der Waals surface area contributed by atoms with Gasteiger partial charge in [0.2, 0.25) is 5.91 Å². The molecule has 0 aromatic rings. The molecule has 0 heterocycles. The molecule has 0 aromatic carbocycles. The highest BCUT2D eigenvalue weighted by Gasteiger charge is 2.21. The third-order valence-electron chi connectivity index (χ3n) is 3.66. The molecular formula is C13H23N3O4. The fraction of sp³-hybridized carbons (Fsp3) is 0.769. The van der Waals surface area contributed by atoms with Crippen LogP contribution in [0.2, 0.25) is 0 Å². The fourth-order valence-electron chi connectivity index (χ4n) is 2.38. The molecule has 0 bridgehead atoms. The van der Waals surface area contributed by atoms with E-state index in [-0.39, 0.29) is 6.54 Å². The van der Waals surface area contributed by atoms with Gasteiger partial charge in [-0.15, -0.1) is 0 Å². The Morgan fingerprint density at radius 3 is 2.40 bits per heavy atom. The van der Waals surface area contributed by atoms with Gasteiger partial charge in [0, 0.05) is 6.54 Å². The van der Waals surface area contributed by atoms with Crippen molar-refractivity contribution in [1.82, 2.24) is 16.0 Å². The summed E-state index contributed by atoms with van der Waals surface area (Å²) in [5.41, 5.74) is 0. The molecule has 7 heteroatoms. The van der Waals surface area contributed by atoms with Gasteiger partial charge in [-0.3, -0.25) is 9.59 Å². The normalized spacial score (nSPS) is 21.9. The Labute approximate surface area is 118 Å². The van der Waals surface area contributed by atoms with E-state index in [4.69, 9.17) is 5.11 Å². The van der Waals surface area contributed by atoms with E-state index >= 15 is 0 Å². The summed E-state index contributed by atoms with van der Waals surface area (Å²) in [7, 11) is 0. The van der Waals surface area contributed by atoms with Gasteiger partial charge in [-0.25, -0.2) is 4.79 Å². The molecule has 3 amide bonds. The Hall–Kier alpha value is -1.79. The van der Waals surface area contributed by atoms with Gasteiger partial charge in [0.25, 0.3) is 0 Å². The van der Waals surface area contributed by atoms with E-state index < -0.39 is 24.5 Å². The van der Waals surface area contributed by atoms with Crippen LogP contribution in [-0.4, -0.2) is 42.6 Å². The van der Waals surface area contributed by atoms with Crippen molar-refractivity contribution in [3.05, 3.63) is 0 Å². The first-order valence-electron chi connectivity index (χ1n) is 6.99. The molecule has 114 valence electrons. The molecule has 0 spiro atoms. The van der Waals surface area contributed by atoms with Gasteiger partial charge in [0.1, 0.15) is 6.54 Å². The van der Waals surface area contributed by atoms with Crippen LogP contribution in [0.5, 0.6) is 0 Å².